The van der Waals surface area contributed by atoms with Crippen molar-refractivity contribution in [2.75, 3.05) is 6.67 Å². The molecule has 0 fully saturated rings. The van der Waals surface area contributed by atoms with Crippen LogP contribution in [-0.4, -0.2) is 13.4 Å². The molecule has 0 spiro atoms. The van der Waals surface area contributed by atoms with Gasteiger partial charge in [0, 0.05) is 0 Å². The van der Waals surface area contributed by atoms with Crippen LogP contribution in [0.5, 0.6) is 0 Å². The van der Waals surface area contributed by atoms with Gasteiger partial charge in [-0.2, -0.15) is 0 Å². The molecular weight excluding hydrogens is 105 g/mol. The SMILES string of the molecule is C=N/C(=C\CC)CF. The van der Waals surface area contributed by atoms with Gasteiger partial charge in [0.1, 0.15) is 6.67 Å². The summed E-state index contributed by atoms with van der Waals surface area (Å²) >= 11 is 0. The fourth-order valence-electron chi connectivity index (χ4n) is 0.397. The van der Waals surface area contributed by atoms with Gasteiger partial charge < -0.3 is 0 Å². The van der Waals surface area contributed by atoms with Crippen molar-refractivity contribution in [2.45, 2.75) is 13.3 Å². The molecule has 0 heterocycles. The van der Waals surface area contributed by atoms with E-state index >= 15 is 0 Å². The summed E-state index contributed by atoms with van der Waals surface area (Å²) in [4.78, 5) is 3.43. The highest BCUT2D eigenvalue weighted by Gasteiger charge is 1.85. The van der Waals surface area contributed by atoms with Gasteiger partial charge in [0.25, 0.3) is 0 Å². The van der Waals surface area contributed by atoms with E-state index in [9.17, 15) is 4.39 Å². The van der Waals surface area contributed by atoms with Crippen molar-refractivity contribution >= 4 is 6.72 Å². The summed E-state index contributed by atoms with van der Waals surface area (Å²) in [5.74, 6) is 0. The quantitative estimate of drug-likeness (QED) is 0.498. The molecule has 46 valence electrons. The zero-order chi connectivity index (χ0) is 6.41. The maximum Gasteiger partial charge on any atom is 0.131 e. The normalized spacial score (nSPS) is 11.5. The second kappa shape index (κ2) is 4.50. The fraction of sp³-hybridized carbons (Fsp3) is 0.500. The standard InChI is InChI=1S/C6H10FN/c1-3-4-6(5-7)8-2/h4H,2-3,5H2,1H3/b6-4-. The Hall–Kier alpha value is -0.660. The molecule has 0 N–H and O–H groups in total. The van der Waals surface area contributed by atoms with E-state index in [-0.39, 0.29) is 0 Å². The highest BCUT2D eigenvalue weighted by Crippen LogP contribution is 1.96. The predicted molar refractivity (Wildman–Crippen MR) is 33.9 cm³/mol. The number of aliphatic imine (C=N–C) groups is 1. The number of nitrogens with zero attached hydrogens (tertiary/aromatic N) is 1. The average Bonchev–Trinajstić information content (AvgIpc) is 1.83. The molecule has 1 nitrogen and oxygen atoms in total. The van der Waals surface area contributed by atoms with Crippen LogP contribution in [0, 0.1) is 0 Å². The number of hydrogen-bond donors (Lipinski definition) is 0. The molecule has 0 saturated carbocycles. The Morgan fingerprint density at radius 1 is 1.88 bits per heavy atom. The van der Waals surface area contributed by atoms with E-state index in [4.69, 9.17) is 0 Å². The molecule has 0 aliphatic carbocycles. The van der Waals surface area contributed by atoms with Crippen molar-refractivity contribution in [3.63, 3.8) is 0 Å². The van der Waals surface area contributed by atoms with Gasteiger partial charge in [0.15, 0.2) is 0 Å². The minimum atomic E-state index is -0.503. The number of alkyl halides is 1. The molecule has 0 unspecified atom stereocenters. The Kier molecular flexibility index (Phi) is 4.13. The van der Waals surface area contributed by atoms with Crippen LogP contribution in [-0.2, 0) is 0 Å². The van der Waals surface area contributed by atoms with Crippen LogP contribution in [0.4, 0.5) is 4.39 Å². The molecule has 0 amide bonds. The van der Waals surface area contributed by atoms with Crippen molar-refractivity contribution < 1.29 is 4.39 Å². The van der Waals surface area contributed by atoms with Crippen LogP contribution in [0.3, 0.4) is 0 Å². The van der Waals surface area contributed by atoms with Crippen LogP contribution < -0.4 is 0 Å². The van der Waals surface area contributed by atoms with Gasteiger partial charge in [-0.05, 0) is 13.1 Å². The smallest absolute Gasteiger partial charge is 0.131 e. The van der Waals surface area contributed by atoms with Crippen molar-refractivity contribution in [1.29, 1.82) is 0 Å². The number of rotatable bonds is 3. The zero-order valence-electron chi connectivity index (χ0n) is 5.02. The maximum atomic E-state index is 11.6. The number of halogens is 1. The molecule has 0 rings (SSSR count). The lowest BCUT2D eigenvalue weighted by Crippen LogP contribution is -1.77. The number of hydrogen-bond acceptors (Lipinski definition) is 1. The van der Waals surface area contributed by atoms with Crippen LogP contribution in [0.15, 0.2) is 16.8 Å². The molecule has 2 heteroatoms. The van der Waals surface area contributed by atoms with Crippen LogP contribution in [0.2, 0.25) is 0 Å². The molecule has 0 aromatic rings. The summed E-state index contributed by atoms with van der Waals surface area (Å²) in [7, 11) is 0. The summed E-state index contributed by atoms with van der Waals surface area (Å²) in [6.07, 6.45) is 2.53. The Morgan fingerprint density at radius 2 is 2.50 bits per heavy atom. The Labute approximate surface area is 48.9 Å². The first-order chi connectivity index (χ1) is 3.85. The Balaban J connectivity index is 3.66. The molecular formula is C6H10FN. The van der Waals surface area contributed by atoms with Crippen molar-refractivity contribution in [1.82, 2.24) is 0 Å². The molecule has 0 radical (unpaired) electrons. The third-order valence-electron chi connectivity index (χ3n) is 0.780. The van der Waals surface area contributed by atoms with Crippen LogP contribution >= 0.6 is 0 Å². The van der Waals surface area contributed by atoms with Crippen LogP contribution in [0.1, 0.15) is 13.3 Å². The summed E-state index contributed by atoms with van der Waals surface area (Å²) in [6.45, 7) is 4.62. The number of allylic oxidation sites excluding steroid dienone is 2. The summed E-state index contributed by atoms with van der Waals surface area (Å²) < 4.78 is 11.6. The van der Waals surface area contributed by atoms with Crippen molar-refractivity contribution in [3.05, 3.63) is 11.8 Å². The van der Waals surface area contributed by atoms with E-state index in [0.29, 0.717) is 5.70 Å². The molecule has 8 heavy (non-hydrogen) atoms. The molecule has 0 aromatic heterocycles. The third-order valence-corrected chi connectivity index (χ3v) is 0.780. The summed E-state index contributed by atoms with van der Waals surface area (Å²) in [5, 5.41) is 0. The van der Waals surface area contributed by atoms with Crippen molar-refractivity contribution in [2.24, 2.45) is 4.99 Å². The monoisotopic (exact) mass is 115 g/mol. The lowest BCUT2D eigenvalue weighted by molar-refractivity contribution is 0.539. The van der Waals surface area contributed by atoms with E-state index in [1.165, 1.54) is 0 Å². The molecule has 0 aliphatic rings. The Morgan fingerprint density at radius 3 is 2.62 bits per heavy atom. The first-order valence-corrected chi connectivity index (χ1v) is 2.56. The van der Waals surface area contributed by atoms with Gasteiger partial charge >= 0.3 is 0 Å². The highest BCUT2D eigenvalue weighted by atomic mass is 19.1. The second-order valence-electron chi connectivity index (χ2n) is 1.40. The summed E-state index contributed by atoms with van der Waals surface area (Å²) in [5.41, 5.74) is 0.438. The minimum absolute atomic E-state index is 0.438. The largest absolute Gasteiger partial charge is 0.267 e. The molecule has 0 bridgehead atoms. The van der Waals surface area contributed by atoms with E-state index in [2.05, 4.69) is 11.7 Å². The first kappa shape index (κ1) is 7.34. The van der Waals surface area contributed by atoms with E-state index in [0.717, 1.165) is 6.42 Å². The van der Waals surface area contributed by atoms with Gasteiger partial charge in [0.05, 0.1) is 5.70 Å². The lowest BCUT2D eigenvalue weighted by atomic mass is 10.4. The summed E-state index contributed by atoms with van der Waals surface area (Å²) in [6, 6.07) is 0. The van der Waals surface area contributed by atoms with Gasteiger partial charge in [-0.3, -0.25) is 4.99 Å². The van der Waals surface area contributed by atoms with Gasteiger partial charge in [0.2, 0.25) is 0 Å². The molecule has 0 saturated heterocycles. The molecule has 0 aromatic carbocycles. The zero-order valence-corrected chi connectivity index (χ0v) is 5.02. The van der Waals surface area contributed by atoms with E-state index in [1.54, 1.807) is 6.08 Å². The first-order valence-electron chi connectivity index (χ1n) is 2.56. The lowest BCUT2D eigenvalue weighted by Gasteiger charge is -1.88. The van der Waals surface area contributed by atoms with Gasteiger partial charge in [-0.1, -0.05) is 13.0 Å². The maximum absolute atomic E-state index is 11.6. The predicted octanol–water partition coefficient (Wildman–Crippen LogP) is 1.95. The average molecular weight is 115 g/mol. The van der Waals surface area contributed by atoms with E-state index < -0.39 is 6.67 Å². The van der Waals surface area contributed by atoms with Crippen molar-refractivity contribution in [3.8, 4) is 0 Å². The second-order valence-corrected chi connectivity index (χ2v) is 1.40. The Bertz CT molecular complexity index is 96.7. The van der Waals surface area contributed by atoms with Gasteiger partial charge in [-0.25, -0.2) is 4.39 Å². The molecule has 0 atom stereocenters. The topological polar surface area (TPSA) is 12.4 Å². The fourth-order valence-corrected chi connectivity index (χ4v) is 0.397. The highest BCUT2D eigenvalue weighted by molar-refractivity contribution is 5.28. The minimum Gasteiger partial charge on any atom is -0.267 e. The van der Waals surface area contributed by atoms with Gasteiger partial charge in [-0.15, -0.1) is 0 Å². The molecule has 0 aliphatic heterocycles. The van der Waals surface area contributed by atoms with Crippen LogP contribution in [0.25, 0.3) is 0 Å². The third kappa shape index (κ3) is 2.50. The van der Waals surface area contributed by atoms with E-state index in [1.807, 2.05) is 6.92 Å².